The Labute approximate surface area is 146 Å². The van der Waals surface area contributed by atoms with Crippen LogP contribution < -0.4 is 9.47 Å². The van der Waals surface area contributed by atoms with E-state index in [0.29, 0.717) is 13.2 Å². The van der Waals surface area contributed by atoms with E-state index >= 15 is 0 Å². The van der Waals surface area contributed by atoms with Gasteiger partial charge in [0.1, 0.15) is 19.0 Å². The summed E-state index contributed by atoms with van der Waals surface area (Å²) in [7, 11) is 0. The number of hydrogen-bond donors (Lipinski definition) is 0. The molecule has 1 saturated heterocycles. The number of rotatable bonds is 3. The van der Waals surface area contributed by atoms with Crippen LogP contribution in [0.4, 0.5) is 0 Å². The predicted octanol–water partition coefficient (Wildman–Crippen LogP) is 3.52. The van der Waals surface area contributed by atoms with E-state index in [4.69, 9.17) is 13.9 Å². The lowest BCUT2D eigenvalue weighted by Crippen LogP contribution is -2.32. The molecule has 1 aromatic carbocycles. The number of ether oxygens (including phenoxy) is 2. The Morgan fingerprint density at radius 2 is 2.04 bits per heavy atom. The molecular weight excluding hydrogens is 318 g/mol. The van der Waals surface area contributed by atoms with Crippen LogP contribution in [0.2, 0.25) is 0 Å². The summed E-state index contributed by atoms with van der Waals surface area (Å²) in [6.07, 6.45) is 4.58. The van der Waals surface area contributed by atoms with Gasteiger partial charge in [-0.3, -0.25) is 4.79 Å². The molecule has 0 bridgehead atoms. The fourth-order valence-electron chi connectivity index (χ4n) is 4.21. The summed E-state index contributed by atoms with van der Waals surface area (Å²) in [4.78, 5) is 15.1. The van der Waals surface area contributed by atoms with E-state index in [2.05, 4.69) is 6.07 Å². The summed E-state index contributed by atoms with van der Waals surface area (Å²) in [5.74, 6) is 3.09. The summed E-state index contributed by atoms with van der Waals surface area (Å²) < 4.78 is 17.1. The lowest BCUT2D eigenvalue weighted by atomic mass is 10.0. The van der Waals surface area contributed by atoms with E-state index in [1.807, 2.05) is 29.2 Å². The maximum Gasteiger partial charge on any atom is 0.226 e. The van der Waals surface area contributed by atoms with Crippen LogP contribution in [-0.2, 0) is 4.79 Å². The average Bonchev–Trinajstić information content (AvgIpc) is 3.07. The summed E-state index contributed by atoms with van der Waals surface area (Å²) in [6.45, 7) is 1.96. The Balaban J connectivity index is 1.39. The van der Waals surface area contributed by atoms with Gasteiger partial charge >= 0.3 is 0 Å². The normalized spacial score (nSPS) is 27.4. The van der Waals surface area contributed by atoms with Crippen molar-refractivity contribution in [2.24, 2.45) is 5.92 Å². The van der Waals surface area contributed by atoms with Gasteiger partial charge in [0.05, 0.1) is 12.3 Å². The van der Waals surface area contributed by atoms with Gasteiger partial charge in [-0.2, -0.15) is 0 Å². The topological polar surface area (TPSA) is 51.9 Å². The molecule has 5 heteroatoms. The maximum absolute atomic E-state index is 13.1. The first kappa shape index (κ1) is 14.9. The molecule has 3 atom stereocenters. The Kier molecular flexibility index (Phi) is 3.47. The predicted molar refractivity (Wildman–Crippen MR) is 90.7 cm³/mol. The lowest BCUT2D eigenvalue weighted by molar-refractivity contribution is -0.133. The second-order valence-electron chi connectivity index (χ2n) is 7.03. The third-order valence-electron chi connectivity index (χ3n) is 5.51. The van der Waals surface area contributed by atoms with Gasteiger partial charge in [0, 0.05) is 23.9 Å². The third kappa shape index (κ3) is 2.49. The Morgan fingerprint density at radius 1 is 1.12 bits per heavy atom. The molecule has 1 saturated carbocycles. The SMILES string of the molecule is O=C([C@H]1C[C@@H]1c1ccco1)N1CCC[C@@H]1c1cccc2c1OCCO2. The van der Waals surface area contributed by atoms with E-state index < -0.39 is 0 Å². The van der Waals surface area contributed by atoms with Crippen molar-refractivity contribution in [1.29, 1.82) is 0 Å². The van der Waals surface area contributed by atoms with E-state index in [1.165, 1.54) is 0 Å². The van der Waals surface area contributed by atoms with Crippen LogP contribution in [0.1, 0.15) is 42.5 Å². The second-order valence-corrected chi connectivity index (χ2v) is 7.03. The average molecular weight is 339 g/mol. The van der Waals surface area contributed by atoms with Gasteiger partial charge in [-0.1, -0.05) is 12.1 Å². The first-order valence-corrected chi connectivity index (χ1v) is 9.05. The van der Waals surface area contributed by atoms with Gasteiger partial charge in [-0.15, -0.1) is 0 Å². The quantitative estimate of drug-likeness (QED) is 0.858. The van der Waals surface area contributed by atoms with Crippen LogP contribution in [0.3, 0.4) is 0 Å². The third-order valence-corrected chi connectivity index (χ3v) is 5.51. The molecule has 3 heterocycles. The van der Waals surface area contributed by atoms with Crippen LogP contribution in [0.15, 0.2) is 41.0 Å². The number of fused-ring (bicyclic) bond motifs is 1. The minimum Gasteiger partial charge on any atom is -0.486 e. The summed E-state index contributed by atoms with van der Waals surface area (Å²) in [6, 6.07) is 9.95. The smallest absolute Gasteiger partial charge is 0.226 e. The highest BCUT2D eigenvalue weighted by Crippen LogP contribution is 2.51. The van der Waals surface area contributed by atoms with Gasteiger partial charge < -0.3 is 18.8 Å². The van der Waals surface area contributed by atoms with Crippen LogP contribution in [0.25, 0.3) is 0 Å². The zero-order valence-corrected chi connectivity index (χ0v) is 14.0. The highest BCUT2D eigenvalue weighted by atomic mass is 16.6. The lowest BCUT2D eigenvalue weighted by Gasteiger charge is -2.29. The molecule has 5 rings (SSSR count). The number of nitrogens with zero attached hydrogens (tertiary/aromatic N) is 1. The zero-order chi connectivity index (χ0) is 16.8. The number of hydrogen-bond acceptors (Lipinski definition) is 4. The molecule has 0 spiro atoms. The van der Waals surface area contributed by atoms with Crippen molar-refractivity contribution in [2.45, 2.75) is 31.2 Å². The molecule has 3 aliphatic rings. The summed E-state index contributed by atoms with van der Waals surface area (Å²) in [5.41, 5.74) is 1.08. The van der Waals surface area contributed by atoms with Crippen molar-refractivity contribution in [2.75, 3.05) is 19.8 Å². The maximum atomic E-state index is 13.1. The van der Waals surface area contributed by atoms with E-state index in [1.54, 1.807) is 6.26 Å². The monoisotopic (exact) mass is 339 g/mol. The van der Waals surface area contributed by atoms with Crippen molar-refractivity contribution in [3.05, 3.63) is 47.9 Å². The van der Waals surface area contributed by atoms with E-state index in [-0.39, 0.29) is 23.8 Å². The van der Waals surface area contributed by atoms with Gasteiger partial charge in [0.15, 0.2) is 11.5 Å². The Hall–Kier alpha value is -2.43. The number of amides is 1. The molecule has 5 nitrogen and oxygen atoms in total. The number of likely N-dealkylation sites (tertiary alicyclic amines) is 1. The second kappa shape index (κ2) is 5.83. The van der Waals surface area contributed by atoms with Crippen LogP contribution in [0, 0.1) is 5.92 Å². The van der Waals surface area contributed by atoms with Crippen molar-refractivity contribution < 1.29 is 18.7 Å². The standard InChI is InChI=1S/C20H21NO4/c22-20(15-12-14(15)17-7-3-9-23-17)21-8-2-5-16(21)13-4-1-6-18-19(13)25-11-10-24-18/h1,3-4,6-7,9,14-16H,2,5,8,10-12H2/t14-,15-,16+/m0/s1. The fourth-order valence-corrected chi connectivity index (χ4v) is 4.21. The highest BCUT2D eigenvalue weighted by molar-refractivity contribution is 5.83. The summed E-state index contributed by atoms with van der Waals surface area (Å²) in [5, 5.41) is 0. The molecule has 0 N–H and O–H groups in total. The zero-order valence-electron chi connectivity index (χ0n) is 14.0. The number of benzene rings is 1. The number of furan rings is 1. The van der Waals surface area contributed by atoms with Crippen LogP contribution in [-0.4, -0.2) is 30.6 Å². The van der Waals surface area contributed by atoms with Crippen molar-refractivity contribution in [1.82, 2.24) is 4.90 Å². The molecule has 1 aromatic heterocycles. The summed E-state index contributed by atoms with van der Waals surface area (Å²) >= 11 is 0. The first-order chi connectivity index (χ1) is 12.3. The Morgan fingerprint density at radius 3 is 2.92 bits per heavy atom. The van der Waals surface area contributed by atoms with Gasteiger partial charge in [-0.25, -0.2) is 0 Å². The van der Waals surface area contributed by atoms with Gasteiger partial charge in [0.2, 0.25) is 5.91 Å². The van der Waals surface area contributed by atoms with Crippen molar-refractivity contribution >= 4 is 5.91 Å². The van der Waals surface area contributed by atoms with Crippen molar-refractivity contribution in [3.63, 3.8) is 0 Å². The Bertz CT molecular complexity index is 785. The number of para-hydroxylation sites is 1. The molecule has 25 heavy (non-hydrogen) atoms. The molecule has 1 aliphatic carbocycles. The minimum atomic E-state index is 0.0588. The van der Waals surface area contributed by atoms with Crippen LogP contribution in [0.5, 0.6) is 11.5 Å². The molecule has 0 radical (unpaired) electrons. The largest absolute Gasteiger partial charge is 0.486 e. The molecular formula is C20H21NO4. The molecule has 130 valence electrons. The van der Waals surface area contributed by atoms with Crippen LogP contribution >= 0.6 is 0 Å². The highest BCUT2D eigenvalue weighted by Gasteiger charge is 2.49. The number of carbonyl (C=O) groups excluding carboxylic acids is 1. The number of carbonyl (C=O) groups is 1. The van der Waals surface area contributed by atoms with Gasteiger partial charge in [0.25, 0.3) is 0 Å². The first-order valence-electron chi connectivity index (χ1n) is 9.05. The molecule has 2 aliphatic heterocycles. The van der Waals surface area contributed by atoms with Crippen molar-refractivity contribution in [3.8, 4) is 11.5 Å². The van der Waals surface area contributed by atoms with E-state index in [0.717, 1.165) is 48.6 Å². The fraction of sp³-hybridized carbons (Fsp3) is 0.450. The molecule has 1 amide bonds. The van der Waals surface area contributed by atoms with Gasteiger partial charge in [-0.05, 0) is 37.5 Å². The molecule has 2 aromatic rings. The molecule has 0 unspecified atom stereocenters. The van der Waals surface area contributed by atoms with E-state index in [9.17, 15) is 4.79 Å². The minimum absolute atomic E-state index is 0.0588. The molecule has 2 fully saturated rings.